The normalized spacial score (nSPS) is 10.2. The molecule has 0 bridgehead atoms. The number of nitro benzene ring substituents is 1. The maximum Gasteiger partial charge on any atom is 0.307 e. The van der Waals surface area contributed by atoms with Crippen LogP contribution in [0.15, 0.2) is 30.5 Å². The molecule has 6 nitrogen and oxygen atoms in total. The van der Waals surface area contributed by atoms with Crippen LogP contribution in [0.5, 0.6) is 0 Å². The Bertz CT molecular complexity index is 740. The molecule has 1 N–H and O–H groups in total. The minimum absolute atomic E-state index is 0.0337. The highest BCUT2D eigenvalue weighted by Crippen LogP contribution is 2.23. The predicted molar refractivity (Wildman–Crippen MR) is 70.2 cm³/mol. The first-order valence-electron chi connectivity index (χ1n) is 5.45. The Morgan fingerprint density at radius 1 is 1.33 bits per heavy atom. The number of hydrogen-bond donors (Lipinski definition) is 1. The number of halogens is 3. The van der Waals surface area contributed by atoms with Crippen molar-refractivity contribution in [2.24, 2.45) is 0 Å². The summed E-state index contributed by atoms with van der Waals surface area (Å²) in [5.41, 5.74) is -1.64. The number of nitrogens with one attached hydrogen (secondary N) is 1. The maximum absolute atomic E-state index is 13.7. The molecule has 1 amide bonds. The van der Waals surface area contributed by atoms with Crippen molar-refractivity contribution < 1.29 is 18.5 Å². The van der Waals surface area contributed by atoms with Crippen molar-refractivity contribution in [2.45, 2.75) is 0 Å². The molecular weight excluding hydrogens is 308 g/mol. The van der Waals surface area contributed by atoms with E-state index in [-0.39, 0.29) is 10.8 Å². The van der Waals surface area contributed by atoms with Gasteiger partial charge in [-0.1, -0.05) is 11.6 Å². The molecule has 2 aromatic rings. The molecule has 9 heteroatoms. The monoisotopic (exact) mass is 313 g/mol. The zero-order chi connectivity index (χ0) is 15.6. The third-order valence-corrected chi connectivity index (χ3v) is 2.79. The van der Waals surface area contributed by atoms with Crippen molar-refractivity contribution in [3.05, 3.63) is 62.9 Å². The van der Waals surface area contributed by atoms with Crippen LogP contribution in [0, 0.1) is 21.7 Å². The number of anilines is 1. The molecule has 0 saturated carbocycles. The van der Waals surface area contributed by atoms with Gasteiger partial charge < -0.3 is 5.32 Å². The summed E-state index contributed by atoms with van der Waals surface area (Å²) < 4.78 is 27.1. The number of nitro groups is 1. The fourth-order valence-electron chi connectivity index (χ4n) is 1.52. The molecule has 2 rings (SSSR count). The second-order valence-corrected chi connectivity index (χ2v) is 4.19. The lowest BCUT2D eigenvalue weighted by molar-refractivity contribution is -0.387. The van der Waals surface area contributed by atoms with Crippen LogP contribution in [0.3, 0.4) is 0 Å². The topological polar surface area (TPSA) is 85.1 Å². The van der Waals surface area contributed by atoms with Gasteiger partial charge in [-0.3, -0.25) is 14.9 Å². The second kappa shape index (κ2) is 5.80. The van der Waals surface area contributed by atoms with Crippen molar-refractivity contribution in [3.63, 3.8) is 0 Å². The molecule has 0 aliphatic rings. The van der Waals surface area contributed by atoms with Gasteiger partial charge in [-0.15, -0.1) is 0 Å². The van der Waals surface area contributed by atoms with E-state index in [2.05, 4.69) is 10.3 Å². The molecule has 1 heterocycles. The van der Waals surface area contributed by atoms with Gasteiger partial charge in [0, 0.05) is 6.20 Å². The van der Waals surface area contributed by atoms with Gasteiger partial charge in [-0.25, -0.2) is 9.37 Å². The van der Waals surface area contributed by atoms with Gasteiger partial charge in [0.1, 0.15) is 5.82 Å². The van der Waals surface area contributed by atoms with E-state index in [0.717, 1.165) is 0 Å². The summed E-state index contributed by atoms with van der Waals surface area (Å²) in [5.74, 6) is -3.54. The minimum atomic E-state index is -1.32. The average molecular weight is 314 g/mol. The lowest BCUT2D eigenvalue weighted by Gasteiger charge is -2.07. The summed E-state index contributed by atoms with van der Waals surface area (Å²) in [6.07, 6.45) is 1.38. The van der Waals surface area contributed by atoms with E-state index in [1.807, 2.05) is 0 Å². The van der Waals surface area contributed by atoms with E-state index in [9.17, 15) is 23.7 Å². The Labute approximate surface area is 121 Å². The Kier molecular flexibility index (Phi) is 4.08. The van der Waals surface area contributed by atoms with Gasteiger partial charge in [-0.05, 0) is 18.2 Å². The van der Waals surface area contributed by atoms with E-state index < -0.39 is 33.7 Å². The van der Waals surface area contributed by atoms with E-state index in [0.29, 0.717) is 12.1 Å². The number of aromatic nitrogens is 1. The number of amides is 1. The number of pyridine rings is 1. The highest BCUT2D eigenvalue weighted by atomic mass is 35.5. The molecule has 0 radical (unpaired) electrons. The molecule has 21 heavy (non-hydrogen) atoms. The van der Waals surface area contributed by atoms with Crippen LogP contribution in [-0.4, -0.2) is 15.8 Å². The number of rotatable bonds is 3. The first-order chi connectivity index (χ1) is 9.90. The van der Waals surface area contributed by atoms with Crippen molar-refractivity contribution >= 4 is 28.9 Å². The van der Waals surface area contributed by atoms with Gasteiger partial charge in [0.2, 0.25) is 5.82 Å². The molecule has 1 aromatic carbocycles. The van der Waals surface area contributed by atoms with Crippen LogP contribution in [0.2, 0.25) is 5.15 Å². The van der Waals surface area contributed by atoms with E-state index in [1.54, 1.807) is 0 Å². The predicted octanol–water partition coefficient (Wildman–Crippen LogP) is 3.17. The summed E-state index contributed by atoms with van der Waals surface area (Å²) in [6, 6.07) is 3.68. The van der Waals surface area contributed by atoms with Crippen molar-refractivity contribution in [1.82, 2.24) is 4.98 Å². The molecule has 0 fully saturated rings. The smallest absolute Gasteiger partial charge is 0.307 e. The molecule has 0 saturated heterocycles. The molecule has 108 valence electrons. The number of carbonyl (C=O) groups is 1. The minimum Gasteiger partial charge on any atom is -0.319 e. The number of nitrogens with zero attached hydrogens (tertiary/aromatic N) is 2. The SMILES string of the molecule is O=C(Nc1cccnc1Cl)c1cc(F)c([N+](=O)[O-])cc1F. The highest BCUT2D eigenvalue weighted by molar-refractivity contribution is 6.32. The van der Waals surface area contributed by atoms with Gasteiger partial charge in [-0.2, -0.15) is 4.39 Å². The molecule has 0 atom stereocenters. The third kappa shape index (κ3) is 3.11. The van der Waals surface area contributed by atoms with Gasteiger partial charge >= 0.3 is 5.69 Å². The Morgan fingerprint density at radius 3 is 2.67 bits per heavy atom. The van der Waals surface area contributed by atoms with E-state index >= 15 is 0 Å². The maximum atomic E-state index is 13.7. The van der Waals surface area contributed by atoms with Crippen LogP contribution < -0.4 is 5.32 Å². The summed E-state index contributed by atoms with van der Waals surface area (Å²) in [4.78, 5) is 24.9. The van der Waals surface area contributed by atoms with Crippen LogP contribution >= 0.6 is 11.6 Å². The van der Waals surface area contributed by atoms with Crippen LogP contribution in [0.1, 0.15) is 10.4 Å². The number of hydrogen-bond acceptors (Lipinski definition) is 4. The van der Waals surface area contributed by atoms with Gasteiger partial charge in [0.05, 0.1) is 22.2 Å². The third-order valence-electron chi connectivity index (χ3n) is 2.49. The van der Waals surface area contributed by atoms with Crippen LogP contribution in [0.4, 0.5) is 20.2 Å². The summed E-state index contributed by atoms with van der Waals surface area (Å²) >= 11 is 5.71. The second-order valence-electron chi connectivity index (χ2n) is 3.84. The summed E-state index contributed by atoms with van der Waals surface area (Å²) in [5, 5.41) is 12.7. The highest BCUT2D eigenvalue weighted by Gasteiger charge is 2.22. The van der Waals surface area contributed by atoms with E-state index in [4.69, 9.17) is 11.6 Å². The van der Waals surface area contributed by atoms with Crippen LogP contribution in [0.25, 0.3) is 0 Å². The number of carbonyl (C=O) groups excluding carboxylic acids is 1. The zero-order valence-corrected chi connectivity index (χ0v) is 10.9. The molecule has 0 spiro atoms. The summed E-state index contributed by atoms with van der Waals surface area (Å²) in [7, 11) is 0. The first kappa shape index (κ1) is 14.8. The number of benzene rings is 1. The van der Waals surface area contributed by atoms with Gasteiger partial charge in [0.15, 0.2) is 5.15 Å². The fourth-order valence-corrected chi connectivity index (χ4v) is 1.69. The lowest BCUT2D eigenvalue weighted by atomic mass is 10.1. The fraction of sp³-hybridized carbons (Fsp3) is 0. The van der Waals surface area contributed by atoms with Gasteiger partial charge in [0.25, 0.3) is 5.91 Å². The molecule has 0 unspecified atom stereocenters. The summed E-state index contributed by atoms with van der Waals surface area (Å²) in [6.45, 7) is 0. The van der Waals surface area contributed by atoms with Crippen molar-refractivity contribution in [1.29, 1.82) is 0 Å². The largest absolute Gasteiger partial charge is 0.319 e. The Morgan fingerprint density at radius 2 is 2.05 bits per heavy atom. The standard InChI is InChI=1S/C12H6ClF2N3O3/c13-11-9(2-1-3-16-11)17-12(19)6-4-8(15)10(18(20)21)5-7(6)14/h1-5H,(H,17,19). The average Bonchev–Trinajstić information content (AvgIpc) is 2.43. The zero-order valence-electron chi connectivity index (χ0n) is 10.1. The molecule has 0 aliphatic heterocycles. The quantitative estimate of drug-likeness (QED) is 0.536. The lowest BCUT2D eigenvalue weighted by Crippen LogP contribution is -2.15. The Hall–Kier alpha value is -2.61. The van der Waals surface area contributed by atoms with Crippen molar-refractivity contribution in [2.75, 3.05) is 5.32 Å². The van der Waals surface area contributed by atoms with Crippen LogP contribution in [-0.2, 0) is 0 Å². The molecule has 0 aliphatic carbocycles. The van der Waals surface area contributed by atoms with Crippen molar-refractivity contribution in [3.8, 4) is 0 Å². The first-order valence-corrected chi connectivity index (χ1v) is 5.83. The Balaban J connectivity index is 2.34. The van der Waals surface area contributed by atoms with E-state index in [1.165, 1.54) is 18.3 Å². The molecular formula is C12H6ClF2N3O3. The molecule has 1 aromatic heterocycles.